The molecule has 3 unspecified atom stereocenters. The van der Waals surface area contributed by atoms with Crippen LogP contribution >= 0.6 is 0 Å². The molecule has 0 spiro atoms. The van der Waals surface area contributed by atoms with Crippen molar-refractivity contribution in [2.45, 2.75) is 31.5 Å². The Kier molecular flexibility index (Phi) is 2.40. The Bertz CT molecular complexity index is 124. The van der Waals surface area contributed by atoms with Crippen LogP contribution in [0.4, 0.5) is 0 Å². The number of carbonyl (C=O) groups excluding carboxylic acids is 1. The molecule has 0 aromatic rings. The number of aliphatic hydroxyl groups is 2. The SMILES string of the molecule is O=CCC1CC(O)CC1O. The fourth-order valence-electron chi connectivity index (χ4n) is 1.45. The molecule has 1 aliphatic carbocycles. The van der Waals surface area contributed by atoms with E-state index in [4.69, 9.17) is 5.11 Å². The Balaban J connectivity index is 2.38. The molecule has 0 aliphatic heterocycles. The van der Waals surface area contributed by atoms with E-state index in [2.05, 4.69) is 0 Å². The smallest absolute Gasteiger partial charge is 0.120 e. The van der Waals surface area contributed by atoms with Crippen LogP contribution in [0.2, 0.25) is 0 Å². The molecule has 3 heteroatoms. The summed E-state index contributed by atoms with van der Waals surface area (Å²) in [6.45, 7) is 0. The van der Waals surface area contributed by atoms with E-state index in [0.717, 1.165) is 6.29 Å². The molecule has 3 atom stereocenters. The highest BCUT2D eigenvalue weighted by Crippen LogP contribution is 2.27. The third-order valence-corrected chi connectivity index (χ3v) is 2.03. The van der Waals surface area contributed by atoms with Crippen molar-refractivity contribution in [3.8, 4) is 0 Å². The highest BCUT2D eigenvalue weighted by atomic mass is 16.3. The van der Waals surface area contributed by atoms with Crippen molar-refractivity contribution in [1.29, 1.82) is 0 Å². The summed E-state index contributed by atoms with van der Waals surface area (Å²) in [6, 6.07) is 0. The summed E-state index contributed by atoms with van der Waals surface area (Å²) in [7, 11) is 0. The third kappa shape index (κ3) is 1.55. The van der Waals surface area contributed by atoms with Gasteiger partial charge in [0.25, 0.3) is 0 Å². The molecule has 0 saturated heterocycles. The first-order chi connectivity index (χ1) is 4.74. The predicted octanol–water partition coefficient (Wildman–Crippen LogP) is -0.293. The number of hydrogen-bond acceptors (Lipinski definition) is 3. The average molecular weight is 144 g/mol. The van der Waals surface area contributed by atoms with Gasteiger partial charge in [-0.15, -0.1) is 0 Å². The van der Waals surface area contributed by atoms with E-state index in [9.17, 15) is 9.90 Å². The van der Waals surface area contributed by atoms with Gasteiger partial charge in [0.2, 0.25) is 0 Å². The number of aliphatic hydroxyl groups excluding tert-OH is 2. The Morgan fingerprint density at radius 3 is 2.50 bits per heavy atom. The molecular formula is C7H12O3. The lowest BCUT2D eigenvalue weighted by Gasteiger charge is -2.08. The standard InChI is InChI=1S/C7H12O3/c8-2-1-5-3-6(9)4-7(5)10/h2,5-7,9-10H,1,3-4H2. The molecule has 0 bridgehead atoms. The maximum atomic E-state index is 10.0. The van der Waals surface area contributed by atoms with E-state index in [-0.39, 0.29) is 5.92 Å². The fourth-order valence-corrected chi connectivity index (χ4v) is 1.45. The summed E-state index contributed by atoms with van der Waals surface area (Å²) in [5.74, 6) is -0.00694. The Morgan fingerprint density at radius 1 is 1.40 bits per heavy atom. The molecule has 0 heterocycles. The van der Waals surface area contributed by atoms with Gasteiger partial charge in [-0.3, -0.25) is 0 Å². The summed E-state index contributed by atoms with van der Waals surface area (Å²) >= 11 is 0. The highest BCUT2D eigenvalue weighted by Gasteiger charge is 2.30. The second-order valence-electron chi connectivity index (χ2n) is 2.86. The zero-order valence-electron chi connectivity index (χ0n) is 5.73. The topological polar surface area (TPSA) is 57.5 Å². The normalized spacial score (nSPS) is 40.0. The van der Waals surface area contributed by atoms with E-state index in [1.807, 2.05) is 0 Å². The lowest BCUT2D eigenvalue weighted by atomic mass is 10.0. The summed E-state index contributed by atoms with van der Waals surface area (Å²) in [5, 5.41) is 18.2. The second-order valence-corrected chi connectivity index (χ2v) is 2.86. The molecule has 1 aliphatic rings. The molecule has 1 fully saturated rings. The molecule has 10 heavy (non-hydrogen) atoms. The first-order valence-electron chi connectivity index (χ1n) is 3.53. The summed E-state index contributed by atoms with van der Waals surface area (Å²) in [4.78, 5) is 10.0. The summed E-state index contributed by atoms with van der Waals surface area (Å²) in [5.41, 5.74) is 0. The van der Waals surface area contributed by atoms with Gasteiger partial charge in [0.1, 0.15) is 6.29 Å². The van der Waals surface area contributed by atoms with Gasteiger partial charge in [-0.05, 0) is 18.8 Å². The summed E-state index contributed by atoms with van der Waals surface area (Å²) < 4.78 is 0. The van der Waals surface area contributed by atoms with Gasteiger partial charge in [-0.1, -0.05) is 0 Å². The fraction of sp³-hybridized carbons (Fsp3) is 0.857. The molecule has 2 N–H and O–H groups in total. The Morgan fingerprint density at radius 2 is 2.10 bits per heavy atom. The molecular weight excluding hydrogens is 132 g/mol. The van der Waals surface area contributed by atoms with Crippen molar-refractivity contribution in [3.05, 3.63) is 0 Å². The van der Waals surface area contributed by atoms with Crippen LogP contribution in [0.25, 0.3) is 0 Å². The first kappa shape index (κ1) is 7.69. The molecule has 0 amide bonds. The van der Waals surface area contributed by atoms with Crippen molar-refractivity contribution < 1.29 is 15.0 Å². The molecule has 58 valence electrons. The van der Waals surface area contributed by atoms with Crippen molar-refractivity contribution in [2.75, 3.05) is 0 Å². The second kappa shape index (κ2) is 3.12. The van der Waals surface area contributed by atoms with Crippen LogP contribution in [0, 0.1) is 5.92 Å². The van der Waals surface area contributed by atoms with Crippen LogP contribution in [0.5, 0.6) is 0 Å². The van der Waals surface area contributed by atoms with Crippen molar-refractivity contribution in [2.24, 2.45) is 5.92 Å². The predicted molar refractivity (Wildman–Crippen MR) is 35.4 cm³/mol. The Hall–Kier alpha value is -0.410. The lowest BCUT2D eigenvalue weighted by Crippen LogP contribution is -2.12. The van der Waals surface area contributed by atoms with Crippen molar-refractivity contribution in [3.63, 3.8) is 0 Å². The van der Waals surface area contributed by atoms with Crippen molar-refractivity contribution in [1.82, 2.24) is 0 Å². The number of carbonyl (C=O) groups is 1. The number of aldehydes is 1. The van der Waals surface area contributed by atoms with E-state index in [0.29, 0.717) is 19.3 Å². The van der Waals surface area contributed by atoms with Gasteiger partial charge >= 0.3 is 0 Å². The molecule has 0 radical (unpaired) electrons. The average Bonchev–Trinajstić information content (AvgIpc) is 2.13. The number of hydrogen-bond donors (Lipinski definition) is 2. The van der Waals surface area contributed by atoms with Gasteiger partial charge in [0.15, 0.2) is 0 Å². The zero-order chi connectivity index (χ0) is 7.56. The van der Waals surface area contributed by atoms with E-state index in [1.54, 1.807) is 0 Å². The summed E-state index contributed by atoms with van der Waals surface area (Å²) in [6.07, 6.45) is 1.29. The molecule has 1 rings (SSSR count). The van der Waals surface area contributed by atoms with Gasteiger partial charge in [-0.2, -0.15) is 0 Å². The van der Waals surface area contributed by atoms with E-state index < -0.39 is 12.2 Å². The van der Waals surface area contributed by atoms with Gasteiger partial charge in [-0.25, -0.2) is 0 Å². The molecule has 3 nitrogen and oxygen atoms in total. The lowest BCUT2D eigenvalue weighted by molar-refractivity contribution is -0.109. The Labute approximate surface area is 59.7 Å². The van der Waals surface area contributed by atoms with E-state index in [1.165, 1.54) is 0 Å². The first-order valence-corrected chi connectivity index (χ1v) is 3.53. The van der Waals surface area contributed by atoms with Crippen LogP contribution in [-0.4, -0.2) is 28.7 Å². The van der Waals surface area contributed by atoms with Gasteiger partial charge < -0.3 is 15.0 Å². The maximum absolute atomic E-state index is 10.0. The van der Waals surface area contributed by atoms with Crippen LogP contribution in [0.3, 0.4) is 0 Å². The largest absolute Gasteiger partial charge is 0.393 e. The van der Waals surface area contributed by atoms with Crippen LogP contribution in [0.15, 0.2) is 0 Å². The zero-order valence-corrected chi connectivity index (χ0v) is 5.73. The van der Waals surface area contributed by atoms with Crippen LogP contribution in [0.1, 0.15) is 19.3 Å². The molecule has 0 aromatic heterocycles. The van der Waals surface area contributed by atoms with Gasteiger partial charge in [0, 0.05) is 6.42 Å². The minimum absolute atomic E-state index is 0.00694. The third-order valence-electron chi connectivity index (χ3n) is 2.03. The molecule has 0 aromatic carbocycles. The highest BCUT2D eigenvalue weighted by molar-refractivity contribution is 5.50. The minimum Gasteiger partial charge on any atom is -0.393 e. The minimum atomic E-state index is -0.472. The maximum Gasteiger partial charge on any atom is 0.120 e. The molecule has 1 saturated carbocycles. The number of rotatable bonds is 2. The van der Waals surface area contributed by atoms with E-state index >= 15 is 0 Å². The van der Waals surface area contributed by atoms with Crippen molar-refractivity contribution >= 4 is 6.29 Å². The monoisotopic (exact) mass is 144 g/mol. The van der Waals surface area contributed by atoms with Crippen LogP contribution in [-0.2, 0) is 4.79 Å². The quantitative estimate of drug-likeness (QED) is 0.523. The van der Waals surface area contributed by atoms with Crippen LogP contribution < -0.4 is 0 Å². The van der Waals surface area contributed by atoms with Gasteiger partial charge in [0.05, 0.1) is 12.2 Å².